The lowest BCUT2D eigenvalue weighted by molar-refractivity contribution is 0.102. The van der Waals surface area contributed by atoms with Gasteiger partial charge in [0.25, 0.3) is 5.91 Å². The van der Waals surface area contributed by atoms with E-state index < -0.39 is 0 Å². The van der Waals surface area contributed by atoms with Crippen molar-refractivity contribution >= 4 is 17.3 Å². The molecule has 1 saturated carbocycles. The van der Waals surface area contributed by atoms with Crippen LogP contribution in [0.15, 0.2) is 42.5 Å². The van der Waals surface area contributed by atoms with E-state index in [0.717, 1.165) is 11.4 Å². The highest BCUT2D eigenvalue weighted by atomic mass is 16.5. The smallest absolute Gasteiger partial charge is 0.263 e. The molecule has 1 amide bonds. The molecule has 0 bridgehead atoms. The fraction of sp³-hybridized carbons (Fsp3) is 0.278. The fourth-order valence-electron chi connectivity index (χ4n) is 2.38. The SMILES string of the molecule is COc1cccc(OC)c1C(=O)Nc1ccc(NC2CC2)cc1. The Morgan fingerprint density at radius 2 is 1.52 bits per heavy atom. The number of ether oxygens (including phenoxy) is 2. The zero-order valence-corrected chi connectivity index (χ0v) is 13.3. The van der Waals surface area contributed by atoms with Crippen molar-refractivity contribution in [3.05, 3.63) is 48.0 Å². The van der Waals surface area contributed by atoms with Gasteiger partial charge in [0.1, 0.15) is 17.1 Å². The highest BCUT2D eigenvalue weighted by Crippen LogP contribution is 2.29. The first kappa shape index (κ1) is 15.2. The van der Waals surface area contributed by atoms with Crippen molar-refractivity contribution < 1.29 is 14.3 Å². The van der Waals surface area contributed by atoms with E-state index in [9.17, 15) is 4.79 Å². The molecule has 120 valence electrons. The molecular weight excluding hydrogens is 292 g/mol. The summed E-state index contributed by atoms with van der Waals surface area (Å²) >= 11 is 0. The second kappa shape index (κ2) is 6.60. The van der Waals surface area contributed by atoms with E-state index in [1.165, 1.54) is 27.1 Å². The molecule has 2 aromatic rings. The average molecular weight is 312 g/mol. The first-order valence-electron chi connectivity index (χ1n) is 7.60. The summed E-state index contributed by atoms with van der Waals surface area (Å²) in [7, 11) is 3.06. The summed E-state index contributed by atoms with van der Waals surface area (Å²) in [5.41, 5.74) is 2.18. The average Bonchev–Trinajstić information content (AvgIpc) is 3.39. The Kier molecular flexibility index (Phi) is 4.37. The topological polar surface area (TPSA) is 59.6 Å². The minimum atomic E-state index is -0.262. The van der Waals surface area contributed by atoms with Gasteiger partial charge in [-0.15, -0.1) is 0 Å². The summed E-state index contributed by atoms with van der Waals surface area (Å²) in [6, 6.07) is 13.6. The maximum Gasteiger partial charge on any atom is 0.263 e. The van der Waals surface area contributed by atoms with Gasteiger partial charge >= 0.3 is 0 Å². The molecule has 5 heteroatoms. The van der Waals surface area contributed by atoms with E-state index in [0.29, 0.717) is 23.1 Å². The van der Waals surface area contributed by atoms with Crippen LogP contribution in [0.3, 0.4) is 0 Å². The number of hydrogen-bond donors (Lipinski definition) is 2. The molecule has 0 saturated heterocycles. The first-order valence-corrected chi connectivity index (χ1v) is 7.60. The molecule has 0 aliphatic heterocycles. The largest absolute Gasteiger partial charge is 0.496 e. The summed E-state index contributed by atoms with van der Waals surface area (Å²) in [5, 5.41) is 6.29. The summed E-state index contributed by atoms with van der Waals surface area (Å²) < 4.78 is 10.5. The quantitative estimate of drug-likeness (QED) is 0.856. The monoisotopic (exact) mass is 312 g/mol. The zero-order valence-electron chi connectivity index (χ0n) is 13.3. The molecule has 5 nitrogen and oxygen atoms in total. The van der Waals surface area contributed by atoms with Crippen LogP contribution < -0.4 is 20.1 Å². The molecule has 3 rings (SSSR count). The van der Waals surface area contributed by atoms with Crippen LogP contribution >= 0.6 is 0 Å². The Hall–Kier alpha value is -2.69. The van der Waals surface area contributed by atoms with Gasteiger partial charge in [-0.3, -0.25) is 4.79 Å². The number of carbonyl (C=O) groups excluding carboxylic acids is 1. The van der Waals surface area contributed by atoms with Crippen LogP contribution in [0.1, 0.15) is 23.2 Å². The van der Waals surface area contributed by atoms with E-state index >= 15 is 0 Å². The van der Waals surface area contributed by atoms with Crippen LogP contribution in [0.25, 0.3) is 0 Å². The van der Waals surface area contributed by atoms with Gasteiger partial charge in [-0.1, -0.05) is 6.07 Å². The van der Waals surface area contributed by atoms with Gasteiger partial charge in [-0.2, -0.15) is 0 Å². The van der Waals surface area contributed by atoms with E-state index in [-0.39, 0.29) is 5.91 Å². The lowest BCUT2D eigenvalue weighted by Crippen LogP contribution is -2.14. The van der Waals surface area contributed by atoms with Crippen molar-refractivity contribution in [1.82, 2.24) is 0 Å². The summed E-state index contributed by atoms with van der Waals surface area (Å²) in [4.78, 5) is 12.6. The summed E-state index contributed by atoms with van der Waals surface area (Å²) in [6.07, 6.45) is 2.46. The number of amides is 1. The van der Waals surface area contributed by atoms with E-state index in [1.807, 2.05) is 24.3 Å². The van der Waals surface area contributed by atoms with Crippen LogP contribution in [0, 0.1) is 0 Å². The number of rotatable bonds is 6. The maximum absolute atomic E-state index is 12.6. The molecule has 0 spiro atoms. The molecule has 1 fully saturated rings. The second-order valence-corrected chi connectivity index (χ2v) is 5.49. The molecule has 1 aliphatic carbocycles. The zero-order chi connectivity index (χ0) is 16.2. The van der Waals surface area contributed by atoms with Gasteiger partial charge in [0, 0.05) is 17.4 Å². The molecule has 0 atom stereocenters. The molecule has 2 aromatic carbocycles. The highest BCUT2D eigenvalue weighted by Gasteiger charge is 2.21. The van der Waals surface area contributed by atoms with Crippen molar-refractivity contribution in [2.75, 3.05) is 24.9 Å². The van der Waals surface area contributed by atoms with Crippen LogP contribution in [-0.4, -0.2) is 26.2 Å². The molecule has 0 radical (unpaired) electrons. The predicted octanol–water partition coefficient (Wildman–Crippen LogP) is 3.53. The Bertz CT molecular complexity index is 672. The molecule has 0 unspecified atom stereocenters. The number of methoxy groups -OCH3 is 2. The molecule has 23 heavy (non-hydrogen) atoms. The van der Waals surface area contributed by atoms with Gasteiger partial charge in [-0.05, 0) is 49.2 Å². The molecular formula is C18H20N2O3. The molecule has 1 aliphatic rings. The fourth-order valence-corrected chi connectivity index (χ4v) is 2.38. The standard InChI is InChI=1S/C18H20N2O3/c1-22-15-4-3-5-16(23-2)17(15)18(21)20-14-10-8-13(9-11-14)19-12-6-7-12/h3-5,8-12,19H,6-7H2,1-2H3,(H,20,21). The van der Waals surface area contributed by atoms with Gasteiger partial charge in [0.2, 0.25) is 0 Å². The molecule has 0 aromatic heterocycles. The van der Waals surface area contributed by atoms with Crippen LogP contribution in [0.4, 0.5) is 11.4 Å². The number of benzene rings is 2. The summed E-state index contributed by atoms with van der Waals surface area (Å²) in [6.45, 7) is 0. The minimum Gasteiger partial charge on any atom is -0.496 e. The predicted molar refractivity (Wildman–Crippen MR) is 90.6 cm³/mol. The van der Waals surface area contributed by atoms with Crippen molar-refractivity contribution in [2.24, 2.45) is 0 Å². The van der Waals surface area contributed by atoms with Gasteiger partial charge < -0.3 is 20.1 Å². The highest BCUT2D eigenvalue weighted by molar-refractivity contribution is 6.08. The third-order valence-corrected chi connectivity index (χ3v) is 3.75. The lowest BCUT2D eigenvalue weighted by Gasteiger charge is -2.13. The van der Waals surface area contributed by atoms with Gasteiger partial charge in [-0.25, -0.2) is 0 Å². The van der Waals surface area contributed by atoms with Gasteiger partial charge in [0.15, 0.2) is 0 Å². The van der Waals surface area contributed by atoms with Crippen molar-refractivity contribution in [3.63, 3.8) is 0 Å². The summed E-state index contributed by atoms with van der Waals surface area (Å²) in [5.74, 6) is 0.699. The first-order chi connectivity index (χ1) is 11.2. The Morgan fingerprint density at radius 3 is 2.04 bits per heavy atom. The Labute approximate surface area is 135 Å². The second-order valence-electron chi connectivity index (χ2n) is 5.49. The molecule has 0 heterocycles. The van der Waals surface area contributed by atoms with Crippen molar-refractivity contribution in [1.29, 1.82) is 0 Å². The van der Waals surface area contributed by atoms with Crippen LogP contribution in [0.2, 0.25) is 0 Å². The normalized spacial score (nSPS) is 13.3. The minimum absolute atomic E-state index is 0.262. The number of anilines is 2. The van der Waals surface area contributed by atoms with Crippen molar-refractivity contribution in [2.45, 2.75) is 18.9 Å². The van der Waals surface area contributed by atoms with Crippen molar-refractivity contribution in [3.8, 4) is 11.5 Å². The van der Waals surface area contributed by atoms with E-state index in [1.54, 1.807) is 18.2 Å². The van der Waals surface area contributed by atoms with E-state index in [4.69, 9.17) is 9.47 Å². The Balaban J connectivity index is 1.76. The van der Waals surface area contributed by atoms with E-state index in [2.05, 4.69) is 10.6 Å². The third-order valence-electron chi connectivity index (χ3n) is 3.75. The third kappa shape index (κ3) is 3.56. The van der Waals surface area contributed by atoms with Crippen LogP contribution in [0.5, 0.6) is 11.5 Å². The number of nitrogens with one attached hydrogen (secondary N) is 2. The maximum atomic E-state index is 12.6. The number of carbonyl (C=O) groups is 1. The van der Waals surface area contributed by atoms with Crippen LogP contribution in [-0.2, 0) is 0 Å². The molecule has 2 N–H and O–H groups in total. The number of hydrogen-bond acceptors (Lipinski definition) is 4. The van der Waals surface area contributed by atoms with Gasteiger partial charge in [0.05, 0.1) is 14.2 Å². The lowest BCUT2D eigenvalue weighted by atomic mass is 10.1. The Morgan fingerprint density at radius 1 is 0.957 bits per heavy atom.